The number of nitrogens with zero attached hydrogens (tertiary/aromatic N) is 2. The van der Waals surface area contributed by atoms with E-state index in [1.165, 1.54) is 18.2 Å². The lowest BCUT2D eigenvalue weighted by Gasteiger charge is -2.16. The van der Waals surface area contributed by atoms with Crippen molar-refractivity contribution in [2.24, 2.45) is 0 Å². The molecule has 2 aromatic rings. The van der Waals surface area contributed by atoms with Gasteiger partial charge in [0.2, 0.25) is 11.8 Å². The molecule has 0 aliphatic heterocycles. The van der Waals surface area contributed by atoms with E-state index < -0.39 is 35.8 Å². The fourth-order valence-electron chi connectivity index (χ4n) is 1.65. The first-order chi connectivity index (χ1) is 10.8. The minimum atomic E-state index is -4.70. The maximum atomic E-state index is 13.5. The Morgan fingerprint density at radius 2 is 2.09 bits per heavy atom. The lowest BCUT2D eigenvalue weighted by molar-refractivity contribution is -0.144. The van der Waals surface area contributed by atoms with Gasteiger partial charge in [-0.3, -0.25) is 15.2 Å². The lowest BCUT2D eigenvalue weighted by Crippen LogP contribution is -2.33. The molecule has 0 radical (unpaired) electrons. The number of carbonyl (C=O) groups is 1. The highest BCUT2D eigenvalue weighted by Crippen LogP contribution is 2.26. The molecule has 1 amide bonds. The molecule has 0 saturated heterocycles. The number of anilines is 1. The third-order valence-corrected chi connectivity index (χ3v) is 2.76. The highest BCUT2D eigenvalue weighted by atomic mass is 19.4. The minimum absolute atomic E-state index is 0.138. The summed E-state index contributed by atoms with van der Waals surface area (Å²) in [6, 6.07) is 5.47. The Hall–Kier alpha value is -2.65. The van der Waals surface area contributed by atoms with Crippen LogP contribution in [0, 0.1) is 5.82 Å². The predicted molar refractivity (Wildman–Crippen MR) is 71.1 cm³/mol. The molecular weight excluding hydrogens is 320 g/mol. The van der Waals surface area contributed by atoms with Gasteiger partial charge in [-0.15, -0.1) is 5.10 Å². The van der Waals surface area contributed by atoms with Crippen molar-refractivity contribution >= 4 is 11.9 Å². The number of nitrogens with one attached hydrogen (secondary N) is 2. The van der Waals surface area contributed by atoms with Gasteiger partial charge in [0.15, 0.2) is 17.7 Å². The summed E-state index contributed by atoms with van der Waals surface area (Å²) in [5, 5.41) is 7.00. The summed E-state index contributed by atoms with van der Waals surface area (Å²) in [5.74, 6) is -3.46. The van der Waals surface area contributed by atoms with Crippen LogP contribution in [0.5, 0.6) is 5.75 Å². The smallest absolute Gasteiger partial charge is 0.451 e. The summed E-state index contributed by atoms with van der Waals surface area (Å²) in [6.45, 7) is 1.60. The molecule has 10 heteroatoms. The van der Waals surface area contributed by atoms with Crippen LogP contribution in [0.15, 0.2) is 24.3 Å². The maximum Gasteiger partial charge on any atom is 0.451 e. The van der Waals surface area contributed by atoms with Crippen molar-refractivity contribution in [3.05, 3.63) is 35.9 Å². The Morgan fingerprint density at radius 3 is 2.65 bits per heavy atom. The molecule has 2 N–H and O–H groups in total. The van der Waals surface area contributed by atoms with Gasteiger partial charge in [-0.1, -0.05) is 19.1 Å². The van der Waals surface area contributed by atoms with Gasteiger partial charge in [0, 0.05) is 0 Å². The van der Waals surface area contributed by atoms with Crippen LogP contribution < -0.4 is 10.1 Å². The van der Waals surface area contributed by atoms with Crippen molar-refractivity contribution in [1.29, 1.82) is 0 Å². The van der Waals surface area contributed by atoms with Gasteiger partial charge in [-0.05, 0) is 18.6 Å². The summed E-state index contributed by atoms with van der Waals surface area (Å²) < 4.78 is 55.9. The van der Waals surface area contributed by atoms with Crippen LogP contribution in [0.3, 0.4) is 0 Å². The minimum Gasteiger partial charge on any atom is -0.478 e. The molecule has 0 spiro atoms. The molecule has 0 bridgehead atoms. The summed E-state index contributed by atoms with van der Waals surface area (Å²) in [7, 11) is 0. The van der Waals surface area contributed by atoms with Crippen LogP contribution in [0.2, 0.25) is 0 Å². The number of H-pyrrole nitrogens is 1. The fourth-order valence-corrected chi connectivity index (χ4v) is 1.65. The molecule has 23 heavy (non-hydrogen) atoms. The molecule has 0 aliphatic rings. The average molecular weight is 332 g/mol. The predicted octanol–water partition coefficient (Wildman–Crippen LogP) is 2.76. The number of amides is 1. The van der Waals surface area contributed by atoms with Gasteiger partial charge in [-0.25, -0.2) is 4.39 Å². The Bertz CT molecular complexity index is 687. The summed E-state index contributed by atoms with van der Waals surface area (Å²) >= 11 is 0. The Balaban J connectivity index is 2.06. The molecule has 124 valence electrons. The second-order valence-corrected chi connectivity index (χ2v) is 4.44. The quantitative estimate of drug-likeness (QED) is 0.825. The van der Waals surface area contributed by atoms with Crippen molar-refractivity contribution in [2.75, 3.05) is 5.32 Å². The second kappa shape index (κ2) is 6.63. The summed E-state index contributed by atoms with van der Waals surface area (Å²) in [5.41, 5.74) is 0. The molecule has 1 heterocycles. The molecule has 1 aromatic heterocycles. The van der Waals surface area contributed by atoms with Crippen molar-refractivity contribution in [3.8, 4) is 5.75 Å². The zero-order valence-electron chi connectivity index (χ0n) is 11.8. The number of benzene rings is 1. The van der Waals surface area contributed by atoms with E-state index in [4.69, 9.17) is 4.74 Å². The number of para-hydroxylation sites is 1. The van der Waals surface area contributed by atoms with Crippen LogP contribution >= 0.6 is 0 Å². The average Bonchev–Trinajstić information content (AvgIpc) is 2.95. The third kappa shape index (κ3) is 4.18. The van der Waals surface area contributed by atoms with Gasteiger partial charge in [-0.2, -0.15) is 18.2 Å². The van der Waals surface area contributed by atoms with Gasteiger partial charge in [0.1, 0.15) is 0 Å². The van der Waals surface area contributed by atoms with E-state index in [-0.39, 0.29) is 12.2 Å². The number of hydrogen-bond donors (Lipinski definition) is 2. The first kappa shape index (κ1) is 16.7. The summed E-state index contributed by atoms with van der Waals surface area (Å²) in [6.07, 6.45) is -5.65. The number of halogens is 4. The van der Waals surface area contributed by atoms with Gasteiger partial charge in [0.05, 0.1) is 0 Å². The number of alkyl halides is 3. The second-order valence-electron chi connectivity index (χ2n) is 4.44. The molecule has 0 fully saturated rings. The Kier molecular flexibility index (Phi) is 4.82. The number of aromatic nitrogens is 3. The topological polar surface area (TPSA) is 79.9 Å². The molecule has 2 rings (SSSR count). The lowest BCUT2D eigenvalue weighted by atomic mass is 10.2. The van der Waals surface area contributed by atoms with E-state index in [1.807, 2.05) is 0 Å². The van der Waals surface area contributed by atoms with Crippen LogP contribution in [0.1, 0.15) is 19.2 Å². The number of rotatable bonds is 5. The van der Waals surface area contributed by atoms with Crippen LogP contribution in [-0.2, 0) is 11.0 Å². The number of carbonyl (C=O) groups excluding carboxylic acids is 1. The molecule has 0 saturated carbocycles. The number of hydrogen-bond acceptors (Lipinski definition) is 4. The standard InChI is InChI=1S/C13H12F4N4O2/c1-2-8(23-9-6-4-3-5-7(9)14)10(22)18-12-19-11(20-21-12)13(15,16)17/h3-6,8H,2H2,1H3,(H2,18,19,20,21,22). The highest BCUT2D eigenvalue weighted by Gasteiger charge is 2.35. The Labute approximate surface area is 127 Å². The van der Waals surface area contributed by atoms with E-state index in [0.29, 0.717) is 0 Å². The molecular formula is C13H12F4N4O2. The third-order valence-electron chi connectivity index (χ3n) is 2.76. The molecule has 1 unspecified atom stereocenters. The van der Waals surface area contributed by atoms with Gasteiger partial charge in [0.25, 0.3) is 5.91 Å². The molecule has 6 nitrogen and oxygen atoms in total. The zero-order valence-corrected chi connectivity index (χ0v) is 11.8. The van der Waals surface area contributed by atoms with Gasteiger partial charge >= 0.3 is 6.18 Å². The normalized spacial score (nSPS) is 12.7. The van der Waals surface area contributed by atoms with E-state index in [1.54, 1.807) is 12.0 Å². The van der Waals surface area contributed by atoms with Crippen LogP contribution in [-0.4, -0.2) is 27.2 Å². The number of ether oxygens (including phenoxy) is 1. The molecule has 1 aromatic carbocycles. The van der Waals surface area contributed by atoms with Crippen molar-refractivity contribution in [2.45, 2.75) is 25.6 Å². The first-order valence-corrected chi connectivity index (χ1v) is 6.53. The fraction of sp³-hybridized carbons (Fsp3) is 0.308. The van der Waals surface area contributed by atoms with E-state index in [0.717, 1.165) is 6.07 Å². The molecule has 0 aliphatic carbocycles. The monoisotopic (exact) mass is 332 g/mol. The van der Waals surface area contributed by atoms with Crippen molar-refractivity contribution < 1.29 is 27.1 Å². The highest BCUT2D eigenvalue weighted by molar-refractivity contribution is 5.92. The Morgan fingerprint density at radius 1 is 1.39 bits per heavy atom. The maximum absolute atomic E-state index is 13.5. The van der Waals surface area contributed by atoms with Crippen LogP contribution in [0.4, 0.5) is 23.5 Å². The van der Waals surface area contributed by atoms with Crippen molar-refractivity contribution in [3.63, 3.8) is 0 Å². The summed E-state index contributed by atoms with van der Waals surface area (Å²) in [4.78, 5) is 15.1. The van der Waals surface area contributed by atoms with Crippen molar-refractivity contribution in [1.82, 2.24) is 15.2 Å². The SMILES string of the molecule is CCC(Oc1ccccc1F)C(=O)Nc1n[nH]c(C(F)(F)F)n1. The van der Waals surface area contributed by atoms with Gasteiger partial charge < -0.3 is 4.74 Å². The number of aromatic amines is 1. The largest absolute Gasteiger partial charge is 0.478 e. The first-order valence-electron chi connectivity index (χ1n) is 6.53. The van der Waals surface area contributed by atoms with E-state index in [9.17, 15) is 22.4 Å². The van der Waals surface area contributed by atoms with E-state index >= 15 is 0 Å². The zero-order chi connectivity index (χ0) is 17.0. The van der Waals surface area contributed by atoms with Crippen LogP contribution in [0.25, 0.3) is 0 Å². The molecule has 1 atom stereocenters. The van der Waals surface area contributed by atoms with E-state index in [2.05, 4.69) is 15.4 Å².